The third-order valence-corrected chi connectivity index (χ3v) is 6.96. The number of nitrogens with one attached hydrogen (secondary N) is 1. The van der Waals surface area contributed by atoms with E-state index in [1.165, 1.54) is 16.8 Å². The Hall–Kier alpha value is -2.04. The summed E-state index contributed by atoms with van der Waals surface area (Å²) in [6.07, 6.45) is 3.89. The summed E-state index contributed by atoms with van der Waals surface area (Å²) in [7, 11) is 3.22. The van der Waals surface area contributed by atoms with Gasteiger partial charge < -0.3 is 20.5 Å². The first-order valence-corrected chi connectivity index (χ1v) is 10.7. The quantitative estimate of drug-likeness (QED) is 0.591. The summed E-state index contributed by atoms with van der Waals surface area (Å²) in [4.78, 5) is 0. The molecule has 0 radical (unpaired) electrons. The van der Waals surface area contributed by atoms with Crippen LogP contribution in [0.5, 0.6) is 11.5 Å². The maximum absolute atomic E-state index is 6.68. The summed E-state index contributed by atoms with van der Waals surface area (Å²) in [5, 5.41) is 4.78. The highest BCUT2D eigenvalue weighted by atomic mass is 35.5. The van der Waals surface area contributed by atoms with Crippen molar-refractivity contribution in [1.82, 2.24) is 5.32 Å². The van der Waals surface area contributed by atoms with Gasteiger partial charge in [-0.1, -0.05) is 41.4 Å². The van der Waals surface area contributed by atoms with Crippen molar-refractivity contribution < 1.29 is 9.47 Å². The molecular formula is C23H26Cl2N2O2. The van der Waals surface area contributed by atoms with Crippen LogP contribution in [0, 0.1) is 0 Å². The van der Waals surface area contributed by atoms with Gasteiger partial charge in [-0.25, -0.2) is 0 Å². The van der Waals surface area contributed by atoms with Crippen molar-refractivity contribution in [3.05, 3.63) is 62.8 Å². The third-order valence-electron chi connectivity index (χ3n) is 6.18. The number of para-hydroxylation sites is 1. The molecule has 1 unspecified atom stereocenters. The van der Waals surface area contributed by atoms with Gasteiger partial charge in [0.25, 0.3) is 0 Å². The number of hydrogen-bond acceptors (Lipinski definition) is 4. The molecule has 6 heteroatoms. The van der Waals surface area contributed by atoms with E-state index in [1.807, 2.05) is 12.1 Å². The van der Waals surface area contributed by atoms with Crippen LogP contribution in [0.3, 0.4) is 0 Å². The lowest BCUT2D eigenvalue weighted by Gasteiger charge is -2.37. The molecule has 29 heavy (non-hydrogen) atoms. The Morgan fingerprint density at radius 1 is 1.03 bits per heavy atom. The van der Waals surface area contributed by atoms with Crippen molar-refractivity contribution in [2.24, 2.45) is 0 Å². The molecule has 2 aromatic rings. The number of methoxy groups -OCH3 is 2. The lowest BCUT2D eigenvalue weighted by atomic mass is 9.74. The lowest BCUT2D eigenvalue weighted by molar-refractivity contribution is 0.391. The fourth-order valence-electron chi connectivity index (χ4n) is 4.75. The number of allylic oxidation sites excluding steroid dienone is 2. The second-order valence-corrected chi connectivity index (χ2v) is 8.42. The summed E-state index contributed by atoms with van der Waals surface area (Å²) in [6, 6.07) is 9.96. The predicted molar refractivity (Wildman–Crippen MR) is 119 cm³/mol. The highest BCUT2D eigenvalue weighted by Crippen LogP contribution is 2.50. The van der Waals surface area contributed by atoms with Crippen molar-refractivity contribution >= 4 is 28.9 Å². The zero-order valence-electron chi connectivity index (χ0n) is 16.7. The highest BCUT2D eigenvalue weighted by molar-refractivity contribution is 6.38. The molecule has 1 aliphatic carbocycles. The van der Waals surface area contributed by atoms with E-state index in [9.17, 15) is 0 Å². The molecule has 3 N–H and O–H groups in total. The van der Waals surface area contributed by atoms with Gasteiger partial charge in [-0.2, -0.15) is 0 Å². The molecule has 2 aromatic carbocycles. The van der Waals surface area contributed by atoms with Gasteiger partial charge in [-0.3, -0.25) is 0 Å². The van der Waals surface area contributed by atoms with Crippen LogP contribution in [0.4, 0.5) is 5.69 Å². The Labute approximate surface area is 182 Å². The predicted octanol–water partition coefficient (Wildman–Crippen LogP) is 5.89. The van der Waals surface area contributed by atoms with Crippen molar-refractivity contribution in [3.8, 4) is 11.5 Å². The molecule has 0 saturated carbocycles. The van der Waals surface area contributed by atoms with Crippen LogP contribution in [-0.4, -0.2) is 20.8 Å². The summed E-state index contributed by atoms with van der Waals surface area (Å²) in [6.45, 7) is 0.938. The first-order chi connectivity index (χ1) is 14.0. The van der Waals surface area contributed by atoms with Gasteiger partial charge in [-0.05, 0) is 48.8 Å². The van der Waals surface area contributed by atoms with Crippen molar-refractivity contribution in [2.45, 2.75) is 37.5 Å². The van der Waals surface area contributed by atoms with Crippen molar-refractivity contribution in [1.29, 1.82) is 0 Å². The minimum atomic E-state index is 0.206. The van der Waals surface area contributed by atoms with Crippen LogP contribution in [0.1, 0.15) is 48.6 Å². The Bertz CT molecular complexity index is 930. The molecule has 0 bridgehead atoms. The maximum Gasteiger partial charge on any atom is 0.141 e. The standard InChI is InChI=1S/C23H26Cl2N2O2/c1-28-19-12-20(29-2)23(25)21(22(19)24)13-7-8-16-14(9-10-27-18(16)11-13)15-5-3-4-6-17(15)26/h3-6,12-14,27H,7-11,26H2,1-2H3/t13?,14-/m0/s1. The minimum absolute atomic E-state index is 0.206. The number of anilines is 1. The van der Waals surface area contributed by atoms with E-state index < -0.39 is 0 Å². The van der Waals surface area contributed by atoms with Gasteiger partial charge in [0.2, 0.25) is 0 Å². The second kappa shape index (κ2) is 8.37. The van der Waals surface area contributed by atoms with Crippen LogP contribution in [0.15, 0.2) is 41.6 Å². The molecule has 1 heterocycles. The summed E-state index contributed by atoms with van der Waals surface area (Å²) in [5.41, 5.74) is 12.1. The van der Waals surface area contributed by atoms with E-state index in [0.717, 1.165) is 43.5 Å². The molecular weight excluding hydrogens is 407 g/mol. The van der Waals surface area contributed by atoms with Crippen LogP contribution in [0.25, 0.3) is 0 Å². The Kier molecular flexibility index (Phi) is 5.84. The van der Waals surface area contributed by atoms with Crippen LogP contribution < -0.4 is 20.5 Å². The molecule has 0 amide bonds. The average molecular weight is 433 g/mol. The average Bonchev–Trinajstić information content (AvgIpc) is 2.74. The normalized spacial score (nSPS) is 21.4. The van der Waals surface area contributed by atoms with E-state index in [2.05, 4.69) is 17.4 Å². The lowest BCUT2D eigenvalue weighted by Crippen LogP contribution is -2.30. The number of ether oxygens (including phenoxy) is 2. The van der Waals surface area contributed by atoms with E-state index >= 15 is 0 Å². The first kappa shape index (κ1) is 20.2. The van der Waals surface area contributed by atoms with Gasteiger partial charge >= 0.3 is 0 Å². The Morgan fingerprint density at radius 3 is 2.38 bits per heavy atom. The highest BCUT2D eigenvalue weighted by Gasteiger charge is 2.33. The van der Waals surface area contributed by atoms with Gasteiger partial charge in [0.1, 0.15) is 11.5 Å². The van der Waals surface area contributed by atoms with Gasteiger partial charge in [-0.15, -0.1) is 0 Å². The Balaban J connectivity index is 1.70. The monoisotopic (exact) mass is 432 g/mol. The molecule has 0 saturated heterocycles. The van der Waals surface area contributed by atoms with E-state index in [1.54, 1.807) is 20.3 Å². The van der Waals surface area contributed by atoms with Crippen LogP contribution in [-0.2, 0) is 0 Å². The van der Waals surface area contributed by atoms with Crippen LogP contribution in [0.2, 0.25) is 10.0 Å². The number of halogens is 2. The number of benzene rings is 2. The van der Waals surface area contributed by atoms with E-state index in [0.29, 0.717) is 27.5 Å². The summed E-state index contributed by atoms with van der Waals surface area (Å²) < 4.78 is 10.9. The summed E-state index contributed by atoms with van der Waals surface area (Å²) >= 11 is 13.4. The largest absolute Gasteiger partial charge is 0.495 e. The van der Waals surface area contributed by atoms with Crippen molar-refractivity contribution in [3.63, 3.8) is 0 Å². The fraction of sp³-hybridized carbons (Fsp3) is 0.391. The minimum Gasteiger partial charge on any atom is -0.495 e. The molecule has 0 aromatic heterocycles. The van der Waals surface area contributed by atoms with Gasteiger partial charge in [0.15, 0.2) is 0 Å². The summed E-state index contributed by atoms with van der Waals surface area (Å²) in [5.74, 6) is 1.76. The zero-order chi connectivity index (χ0) is 20.5. The molecule has 0 spiro atoms. The Morgan fingerprint density at radius 2 is 1.72 bits per heavy atom. The second-order valence-electron chi connectivity index (χ2n) is 7.66. The van der Waals surface area contributed by atoms with Crippen molar-refractivity contribution in [2.75, 3.05) is 26.5 Å². The van der Waals surface area contributed by atoms with Gasteiger partial charge in [0, 0.05) is 35.5 Å². The fourth-order valence-corrected chi connectivity index (χ4v) is 5.56. The molecule has 2 aliphatic rings. The van der Waals surface area contributed by atoms with Gasteiger partial charge in [0.05, 0.1) is 24.3 Å². The smallest absolute Gasteiger partial charge is 0.141 e. The van der Waals surface area contributed by atoms with Crippen LogP contribution >= 0.6 is 23.2 Å². The third kappa shape index (κ3) is 3.64. The molecule has 4 rings (SSSR count). The molecule has 0 fully saturated rings. The van der Waals surface area contributed by atoms with E-state index in [4.69, 9.17) is 38.4 Å². The molecule has 154 valence electrons. The number of nitrogen functional groups attached to an aromatic ring is 1. The first-order valence-electron chi connectivity index (χ1n) is 9.95. The number of rotatable bonds is 4. The molecule has 4 nitrogen and oxygen atoms in total. The van der Waals surface area contributed by atoms with E-state index in [-0.39, 0.29) is 5.92 Å². The number of hydrogen-bond donors (Lipinski definition) is 2. The molecule has 2 atom stereocenters. The molecule has 1 aliphatic heterocycles. The maximum atomic E-state index is 6.68. The SMILES string of the molecule is COc1cc(OC)c(Cl)c(C2CCC3=C(C2)NCC[C@H]3c2ccccc2N)c1Cl. The zero-order valence-corrected chi connectivity index (χ0v) is 18.2. The topological polar surface area (TPSA) is 56.5 Å². The number of nitrogens with two attached hydrogens (primary N) is 1.